The summed E-state index contributed by atoms with van der Waals surface area (Å²) in [6.07, 6.45) is -8.13. The molecule has 1 fully saturated rings. The van der Waals surface area contributed by atoms with Gasteiger partial charge in [-0.3, -0.25) is 9.69 Å². The van der Waals surface area contributed by atoms with Crippen molar-refractivity contribution >= 4 is 27.7 Å². The zero-order valence-electron chi connectivity index (χ0n) is 25.9. The van der Waals surface area contributed by atoms with Gasteiger partial charge in [-0.1, -0.05) is 74.9 Å². The van der Waals surface area contributed by atoms with E-state index in [-0.39, 0.29) is 30.4 Å². The summed E-state index contributed by atoms with van der Waals surface area (Å²) < 4.78 is 74.8. The zero-order chi connectivity index (χ0) is 34.4. The first-order valence-corrected chi connectivity index (χ1v) is 16.5. The predicted molar refractivity (Wildman–Crippen MR) is 168 cm³/mol. The van der Waals surface area contributed by atoms with Crippen LogP contribution in [-0.2, 0) is 38.8 Å². The minimum Gasteiger partial charge on any atom is -0.434 e. The standard InChI is InChI=1S/C33H38F3N3O7S/c1-3-22(2)18-38(47(44,45)25-15-13-24(21-40)14-16-25)19-29(41)27(17-23-9-5-4-6-10-23)37-31(42)30-20-39(32(43)46-30)28-12-8-7-11-26(28)33(34,35)36/h4-16,22,27,29-30,40-41H,3,17-21H2,1-2H3,(H,37,42)/t22-,27-,29+,30-/m0/s1. The third-order valence-electron chi connectivity index (χ3n) is 8.04. The highest BCUT2D eigenvalue weighted by Gasteiger charge is 2.43. The van der Waals surface area contributed by atoms with Gasteiger partial charge in [-0.15, -0.1) is 0 Å². The van der Waals surface area contributed by atoms with Crippen LogP contribution in [0.5, 0.6) is 0 Å². The molecule has 1 heterocycles. The molecule has 3 aromatic carbocycles. The van der Waals surface area contributed by atoms with Crippen molar-refractivity contribution in [2.45, 2.75) is 62.6 Å². The van der Waals surface area contributed by atoms with Crippen molar-refractivity contribution in [3.8, 4) is 0 Å². The normalized spacial score (nSPS) is 17.3. The molecule has 0 spiro atoms. The molecule has 0 saturated carbocycles. The van der Waals surface area contributed by atoms with E-state index < -0.39 is 70.8 Å². The maximum Gasteiger partial charge on any atom is 0.418 e. The Balaban J connectivity index is 1.58. The molecule has 10 nitrogen and oxygen atoms in total. The number of anilines is 1. The Labute approximate surface area is 271 Å². The number of alkyl halides is 3. The number of ether oxygens (including phenoxy) is 1. The minimum atomic E-state index is -4.76. The molecule has 0 radical (unpaired) electrons. The smallest absolute Gasteiger partial charge is 0.418 e. The number of hydrogen-bond acceptors (Lipinski definition) is 7. The number of benzene rings is 3. The van der Waals surface area contributed by atoms with E-state index in [4.69, 9.17) is 4.74 Å². The lowest BCUT2D eigenvalue weighted by atomic mass is 10.0. The number of rotatable bonds is 14. The van der Waals surface area contributed by atoms with E-state index in [0.29, 0.717) is 17.5 Å². The third kappa shape index (κ3) is 8.89. The van der Waals surface area contributed by atoms with Crippen molar-refractivity contribution in [1.29, 1.82) is 0 Å². The molecule has 3 aromatic rings. The van der Waals surface area contributed by atoms with Crippen LogP contribution in [0.15, 0.2) is 83.8 Å². The van der Waals surface area contributed by atoms with Gasteiger partial charge in [0.15, 0.2) is 6.10 Å². The molecule has 254 valence electrons. The first-order chi connectivity index (χ1) is 22.2. The van der Waals surface area contributed by atoms with E-state index in [0.717, 1.165) is 21.3 Å². The number of sulfonamides is 1. The van der Waals surface area contributed by atoms with E-state index in [1.54, 1.807) is 30.3 Å². The lowest BCUT2D eigenvalue weighted by molar-refractivity contribution is -0.137. The second-order valence-corrected chi connectivity index (χ2v) is 13.4. The molecule has 4 atom stereocenters. The molecule has 1 saturated heterocycles. The number of carbonyl (C=O) groups excluding carboxylic acids is 2. The number of aliphatic hydroxyl groups excluding tert-OH is 2. The molecule has 4 rings (SSSR count). The molecule has 47 heavy (non-hydrogen) atoms. The first kappa shape index (κ1) is 35.9. The Morgan fingerprint density at radius 1 is 1.02 bits per heavy atom. The quantitative estimate of drug-likeness (QED) is 0.231. The molecule has 0 unspecified atom stereocenters. The average Bonchev–Trinajstić information content (AvgIpc) is 3.45. The largest absolute Gasteiger partial charge is 0.434 e. The van der Waals surface area contributed by atoms with Gasteiger partial charge in [0.1, 0.15) is 0 Å². The first-order valence-electron chi connectivity index (χ1n) is 15.1. The Hall–Kier alpha value is -3.98. The van der Waals surface area contributed by atoms with E-state index >= 15 is 0 Å². The molecule has 0 aliphatic carbocycles. The molecular weight excluding hydrogens is 639 g/mol. The summed E-state index contributed by atoms with van der Waals surface area (Å²) in [5.74, 6) is -0.944. The summed E-state index contributed by atoms with van der Waals surface area (Å²) >= 11 is 0. The number of carbonyl (C=O) groups is 2. The number of nitrogens with zero attached hydrogens (tertiary/aromatic N) is 2. The highest BCUT2D eigenvalue weighted by Crippen LogP contribution is 2.38. The van der Waals surface area contributed by atoms with Gasteiger partial charge in [-0.25, -0.2) is 13.2 Å². The summed E-state index contributed by atoms with van der Waals surface area (Å²) in [4.78, 5) is 26.8. The van der Waals surface area contributed by atoms with E-state index in [1.807, 2.05) is 13.8 Å². The lowest BCUT2D eigenvalue weighted by Gasteiger charge is -2.31. The molecule has 1 aliphatic heterocycles. The van der Waals surface area contributed by atoms with Crippen molar-refractivity contribution < 1.29 is 46.1 Å². The summed E-state index contributed by atoms with van der Waals surface area (Å²) in [6, 6.07) is 17.9. The topological polar surface area (TPSA) is 136 Å². The number of cyclic esters (lactones) is 1. The van der Waals surface area contributed by atoms with Gasteiger partial charge < -0.3 is 20.3 Å². The number of nitrogens with one attached hydrogen (secondary N) is 1. The minimum absolute atomic E-state index is 0.0362. The number of para-hydroxylation sites is 1. The van der Waals surface area contributed by atoms with Crippen LogP contribution in [0.4, 0.5) is 23.7 Å². The highest BCUT2D eigenvalue weighted by atomic mass is 32.2. The van der Waals surface area contributed by atoms with Crippen LogP contribution in [0.2, 0.25) is 0 Å². The van der Waals surface area contributed by atoms with Crippen molar-refractivity contribution in [2.75, 3.05) is 24.5 Å². The summed E-state index contributed by atoms with van der Waals surface area (Å²) in [6.45, 7) is 2.66. The van der Waals surface area contributed by atoms with Gasteiger partial charge in [0.05, 0.1) is 41.4 Å². The van der Waals surface area contributed by atoms with Crippen LogP contribution < -0.4 is 10.2 Å². The fraction of sp³-hybridized carbons (Fsp3) is 0.394. The number of halogens is 3. The van der Waals surface area contributed by atoms with E-state index in [2.05, 4.69) is 5.32 Å². The number of amides is 2. The highest BCUT2D eigenvalue weighted by molar-refractivity contribution is 7.89. The molecule has 0 bridgehead atoms. The molecule has 1 aliphatic rings. The Kier molecular flexibility index (Phi) is 11.7. The maximum atomic E-state index is 13.8. The summed E-state index contributed by atoms with van der Waals surface area (Å²) in [5, 5.41) is 23.6. The van der Waals surface area contributed by atoms with Gasteiger partial charge in [-0.2, -0.15) is 17.5 Å². The van der Waals surface area contributed by atoms with Gasteiger partial charge in [0, 0.05) is 13.1 Å². The molecule has 2 amide bonds. The Bertz CT molecular complexity index is 1620. The molecule has 14 heteroatoms. The van der Waals surface area contributed by atoms with Gasteiger partial charge in [-0.05, 0) is 47.7 Å². The fourth-order valence-electron chi connectivity index (χ4n) is 5.17. The number of aliphatic hydroxyl groups is 2. The van der Waals surface area contributed by atoms with Crippen LogP contribution in [0.1, 0.15) is 37.0 Å². The van der Waals surface area contributed by atoms with Crippen LogP contribution in [0.25, 0.3) is 0 Å². The molecule has 3 N–H and O–H groups in total. The SMILES string of the molecule is CC[C@H](C)CN(C[C@@H](O)[C@H](Cc1ccccc1)NC(=O)[C@@H]1CN(c2ccccc2C(F)(F)F)C(=O)O1)S(=O)(=O)c1ccc(CO)cc1. The second kappa shape index (κ2) is 15.3. The predicted octanol–water partition coefficient (Wildman–Crippen LogP) is 4.35. The second-order valence-electron chi connectivity index (χ2n) is 11.5. The Morgan fingerprint density at radius 3 is 2.28 bits per heavy atom. The van der Waals surface area contributed by atoms with Crippen molar-refractivity contribution in [1.82, 2.24) is 9.62 Å². The van der Waals surface area contributed by atoms with Gasteiger partial charge in [0.25, 0.3) is 5.91 Å². The Morgan fingerprint density at radius 2 is 1.66 bits per heavy atom. The van der Waals surface area contributed by atoms with Crippen molar-refractivity contribution in [3.05, 3.63) is 95.6 Å². The van der Waals surface area contributed by atoms with Crippen LogP contribution in [-0.4, -0.2) is 72.8 Å². The van der Waals surface area contributed by atoms with Crippen molar-refractivity contribution in [3.63, 3.8) is 0 Å². The zero-order valence-corrected chi connectivity index (χ0v) is 26.7. The van der Waals surface area contributed by atoms with E-state index in [9.17, 15) is 41.4 Å². The van der Waals surface area contributed by atoms with Gasteiger partial charge in [0.2, 0.25) is 10.0 Å². The van der Waals surface area contributed by atoms with Crippen LogP contribution in [0, 0.1) is 5.92 Å². The van der Waals surface area contributed by atoms with E-state index in [1.165, 1.54) is 36.4 Å². The summed E-state index contributed by atoms with van der Waals surface area (Å²) in [5.41, 5.74) is -0.295. The third-order valence-corrected chi connectivity index (χ3v) is 9.89. The maximum absolute atomic E-state index is 13.8. The van der Waals surface area contributed by atoms with Crippen molar-refractivity contribution in [2.24, 2.45) is 5.92 Å². The fourth-order valence-corrected chi connectivity index (χ4v) is 6.75. The molecule has 0 aromatic heterocycles. The van der Waals surface area contributed by atoms with Crippen LogP contribution in [0.3, 0.4) is 0 Å². The monoisotopic (exact) mass is 677 g/mol. The number of hydrogen-bond donors (Lipinski definition) is 3. The summed E-state index contributed by atoms with van der Waals surface area (Å²) in [7, 11) is -4.13. The van der Waals surface area contributed by atoms with Gasteiger partial charge >= 0.3 is 12.3 Å². The average molecular weight is 678 g/mol. The molecular formula is C33H38F3N3O7S. The lowest BCUT2D eigenvalue weighted by Crippen LogP contribution is -2.53. The van der Waals surface area contributed by atoms with Crippen LogP contribution >= 0.6 is 0 Å².